The minimum absolute atomic E-state index is 0.0559. The lowest BCUT2D eigenvalue weighted by molar-refractivity contribution is -0.140. The van der Waals surface area contributed by atoms with Crippen molar-refractivity contribution in [2.75, 3.05) is 6.61 Å². The number of carboxylic acids is 1. The highest BCUT2D eigenvalue weighted by Gasteiger charge is 2.30. The van der Waals surface area contributed by atoms with E-state index < -0.39 is 18.1 Å². The van der Waals surface area contributed by atoms with Gasteiger partial charge in [0.15, 0.2) is 0 Å². The number of alkyl carbamates (subject to hydrolysis) is 1. The zero-order chi connectivity index (χ0) is 20.1. The molecule has 0 fully saturated rings. The van der Waals surface area contributed by atoms with Crippen LogP contribution in [-0.4, -0.2) is 29.8 Å². The molecule has 0 spiro atoms. The Bertz CT molecular complexity index is 831. The molecule has 0 aliphatic heterocycles. The molecule has 2 aromatic carbocycles. The van der Waals surface area contributed by atoms with Crippen LogP contribution in [0.2, 0.25) is 0 Å². The second kappa shape index (κ2) is 8.74. The van der Waals surface area contributed by atoms with Crippen LogP contribution in [-0.2, 0) is 9.53 Å². The van der Waals surface area contributed by atoms with Crippen molar-refractivity contribution >= 4 is 12.1 Å². The maximum Gasteiger partial charge on any atom is 0.407 e. The Kier molecular flexibility index (Phi) is 6.14. The van der Waals surface area contributed by atoms with E-state index in [0.29, 0.717) is 12.8 Å². The third kappa shape index (κ3) is 4.09. The van der Waals surface area contributed by atoms with Crippen LogP contribution in [0, 0.1) is 5.92 Å². The predicted molar refractivity (Wildman–Crippen MR) is 108 cm³/mol. The van der Waals surface area contributed by atoms with Crippen LogP contribution in [0.25, 0.3) is 11.1 Å². The van der Waals surface area contributed by atoms with Gasteiger partial charge in [-0.1, -0.05) is 61.5 Å². The average molecular weight is 379 g/mol. The molecule has 146 valence electrons. The van der Waals surface area contributed by atoms with Gasteiger partial charge in [0.1, 0.15) is 12.6 Å². The van der Waals surface area contributed by atoms with Gasteiger partial charge in [-0.3, -0.25) is 0 Å². The minimum Gasteiger partial charge on any atom is -0.480 e. The highest BCUT2D eigenvalue weighted by Crippen LogP contribution is 2.44. The fourth-order valence-electron chi connectivity index (χ4n) is 3.76. The molecule has 1 aliphatic rings. The van der Waals surface area contributed by atoms with E-state index in [-0.39, 0.29) is 18.4 Å². The monoisotopic (exact) mass is 379 g/mol. The number of benzene rings is 2. The molecule has 0 saturated carbocycles. The molecule has 3 rings (SSSR count). The Morgan fingerprint density at radius 2 is 1.71 bits per heavy atom. The van der Waals surface area contributed by atoms with E-state index in [9.17, 15) is 14.7 Å². The number of carboxylic acid groups (broad SMARTS) is 1. The Morgan fingerprint density at radius 1 is 1.14 bits per heavy atom. The molecule has 2 N–H and O–H groups in total. The van der Waals surface area contributed by atoms with Crippen LogP contribution in [0.4, 0.5) is 4.79 Å². The Labute approximate surface area is 165 Å². The number of ether oxygens (including phenoxy) is 1. The Morgan fingerprint density at radius 3 is 2.25 bits per heavy atom. The molecule has 0 bridgehead atoms. The standard InChI is InChI=1S/C23H25NO4/c1-3-4-9-15(2)21(22(25)26)24-23(27)28-14-20-18-12-7-5-10-16(18)17-11-6-8-13-19(17)20/h3,5-8,10-13,15,20-21H,1,4,9,14H2,2H3,(H,24,27)(H,25,26)/t15-,21-/m0/s1. The van der Waals surface area contributed by atoms with Crippen LogP contribution in [0.15, 0.2) is 61.2 Å². The molecule has 0 aromatic heterocycles. The van der Waals surface area contributed by atoms with E-state index in [1.165, 1.54) is 0 Å². The molecule has 28 heavy (non-hydrogen) atoms. The average Bonchev–Trinajstić information content (AvgIpc) is 3.02. The number of amides is 1. The third-order valence-corrected chi connectivity index (χ3v) is 5.28. The number of allylic oxidation sites excluding steroid dienone is 1. The molecular weight excluding hydrogens is 354 g/mol. The number of hydrogen-bond acceptors (Lipinski definition) is 3. The normalized spacial score (nSPS) is 14.5. The van der Waals surface area contributed by atoms with E-state index in [2.05, 4.69) is 24.0 Å². The summed E-state index contributed by atoms with van der Waals surface area (Å²) in [5.41, 5.74) is 4.53. The minimum atomic E-state index is -1.06. The van der Waals surface area contributed by atoms with Crippen molar-refractivity contribution in [3.63, 3.8) is 0 Å². The van der Waals surface area contributed by atoms with Crippen LogP contribution < -0.4 is 5.32 Å². The van der Waals surface area contributed by atoms with Crippen molar-refractivity contribution < 1.29 is 19.4 Å². The van der Waals surface area contributed by atoms with Crippen molar-refractivity contribution in [2.24, 2.45) is 5.92 Å². The number of fused-ring (bicyclic) bond motifs is 3. The maximum absolute atomic E-state index is 12.3. The smallest absolute Gasteiger partial charge is 0.407 e. The van der Waals surface area contributed by atoms with Gasteiger partial charge >= 0.3 is 12.1 Å². The fraction of sp³-hybridized carbons (Fsp3) is 0.304. The van der Waals surface area contributed by atoms with Crippen molar-refractivity contribution in [3.8, 4) is 11.1 Å². The van der Waals surface area contributed by atoms with Gasteiger partial charge in [-0.2, -0.15) is 0 Å². The van der Waals surface area contributed by atoms with E-state index in [1.807, 2.05) is 36.4 Å². The summed E-state index contributed by atoms with van der Waals surface area (Å²) < 4.78 is 5.44. The van der Waals surface area contributed by atoms with Gasteiger partial charge in [-0.25, -0.2) is 9.59 Å². The van der Waals surface area contributed by atoms with Crippen molar-refractivity contribution in [1.29, 1.82) is 0 Å². The first-order chi connectivity index (χ1) is 13.5. The van der Waals surface area contributed by atoms with Gasteiger partial charge in [-0.15, -0.1) is 6.58 Å². The SMILES string of the molecule is C=CCC[C@H](C)[C@H](NC(=O)OCC1c2ccccc2-c2ccccc21)C(=O)O. The molecular formula is C23H25NO4. The molecule has 1 aliphatic carbocycles. The number of carbonyl (C=O) groups is 2. The largest absolute Gasteiger partial charge is 0.480 e. The first-order valence-electron chi connectivity index (χ1n) is 9.48. The van der Waals surface area contributed by atoms with Crippen LogP contribution in [0.3, 0.4) is 0 Å². The molecule has 0 unspecified atom stereocenters. The number of hydrogen-bond donors (Lipinski definition) is 2. The van der Waals surface area contributed by atoms with E-state index >= 15 is 0 Å². The summed E-state index contributed by atoms with van der Waals surface area (Å²) in [4.78, 5) is 23.8. The lowest BCUT2D eigenvalue weighted by Crippen LogP contribution is -2.45. The molecule has 5 heteroatoms. The van der Waals surface area contributed by atoms with Gasteiger partial charge in [0.05, 0.1) is 0 Å². The summed E-state index contributed by atoms with van der Waals surface area (Å²) in [5, 5.41) is 11.9. The molecule has 0 heterocycles. The van der Waals surface area contributed by atoms with Crippen molar-refractivity contribution in [1.82, 2.24) is 5.32 Å². The Hall–Kier alpha value is -3.08. The molecule has 2 atom stereocenters. The quantitative estimate of drug-likeness (QED) is 0.658. The highest BCUT2D eigenvalue weighted by atomic mass is 16.5. The summed E-state index contributed by atoms with van der Waals surface area (Å²) in [5.74, 6) is -1.35. The van der Waals surface area contributed by atoms with Gasteiger partial charge in [-0.05, 0) is 41.0 Å². The number of carbonyl (C=O) groups excluding carboxylic acids is 1. The second-order valence-electron chi connectivity index (χ2n) is 7.13. The number of nitrogens with one attached hydrogen (secondary N) is 1. The summed E-state index contributed by atoms with van der Waals surface area (Å²) in [6, 6.07) is 15.2. The molecule has 2 aromatic rings. The van der Waals surface area contributed by atoms with E-state index in [0.717, 1.165) is 22.3 Å². The lowest BCUT2D eigenvalue weighted by Gasteiger charge is -2.21. The summed E-state index contributed by atoms with van der Waals surface area (Å²) >= 11 is 0. The summed E-state index contributed by atoms with van der Waals surface area (Å²) in [6.45, 7) is 5.61. The van der Waals surface area contributed by atoms with E-state index in [4.69, 9.17) is 4.74 Å². The lowest BCUT2D eigenvalue weighted by atomic mass is 9.96. The predicted octanol–water partition coefficient (Wildman–Crippen LogP) is 4.58. The highest BCUT2D eigenvalue weighted by molar-refractivity contribution is 5.81. The van der Waals surface area contributed by atoms with E-state index in [1.54, 1.807) is 13.0 Å². The zero-order valence-electron chi connectivity index (χ0n) is 15.9. The Balaban J connectivity index is 1.67. The third-order valence-electron chi connectivity index (χ3n) is 5.28. The second-order valence-corrected chi connectivity index (χ2v) is 7.13. The first kappa shape index (κ1) is 19.7. The topological polar surface area (TPSA) is 75.6 Å². The van der Waals surface area contributed by atoms with Crippen molar-refractivity contribution in [2.45, 2.75) is 31.7 Å². The van der Waals surface area contributed by atoms with Crippen molar-refractivity contribution in [3.05, 3.63) is 72.3 Å². The van der Waals surface area contributed by atoms with Gasteiger partial charge < -0.3 is 15.2 Å². The summed E-state index contributed by atoms with van der Waals surface area (Å²) in [7, 11) is 0. The van der Waals surface area contributed by atoms with Gasteiger partial charge in [0, 0.05) is 5.92 Å². The van der Waals surface area contributed by atoms with Crippen LogP contribution in [0.5, 0.6) is 0 Å². The molecule has 1 amide bonds. The number of aliphatic carboxylic acids is 1. The molecule has 0 saturated heterocycles. The van der Waals surface area contributed by atoms with Gasteiger partial charge in [0.2, 0.25) is 0 Å². The first-order valence-corrected chi connectivity index (χ1v) is 9.48. The maximum atomic E-state index is 12.3. The zero-order valence-corrected chi connectivity index (χ0v) is 15.9. The number of rotatable bonds is 8. The fourth-order valence-corrected chi connectivity index (χ4v) is 3.76. The van der Waals surface area contributed by atoms with Crippen LogP contribution in [0.1, 0.15) is 36.8 Å². The molecule has 5 nitrogen and oxygen atoms in total. The van der Waals surface area contributed by atoms with Crippen LogP contribution >= 0.6 is 0 Å². The molecule has 0 radical (unpaired) electrons. The summed E-state index contributed by atoms with van der Waals surface area (Å²) in [6.07, 6.45) is 2.35. The van der Waals surface area contributed by atoms with Gasteiger partial charge in [0.25, 0.3) is 0 Å².